The van der Waals surface area contributed by atoms with Gasteiger partial charge in [-0.3, -0.25) is 4.79 Å². The molecule has 2 N–H and O–H groups in total. The van der Waals surface area contributed by atoms with Crippen LogP contribution in [0.2, 0.25) is 0 Å². The molecule has 4 nitrogen and oxygen atoms in total. The van der Waals surface area contributed by atoms with Gasteiger partial charge in [-0.25, -0.2) is 0 Å². The van der Waals surface area contributed by atoms with Gasteiger partial charge in [0.15, 0.2) is 0 Å². The summed E-state index contributed by atoms with van der Waals surface area (Å²) in [5, 5.41) is 0. The summed E-state index contributed by atoms with van der Waals surface area (Å²) >= 11 is 0. The van der Waals surface area contributed by atoms with E-state index in [9.17, 15) is 4.79 Å². The largest absolute Gasteiger partial charge is 0.378 e. The van der Waals surface area contributed by atoms with Crippen molar-refractivity contribution in [3.63, 3.8) is 0 Å². The van der Waals surface area contributed by atoms with Crippen LogP contribution in [0.4, 0.5) is 0 Å². The van der Waals surface area contributed by atoms with E-state index in [-0.39, 0.29) is 18.1 Å². The van der Waals surface area contributed by atoms with Crippen LogP contribution in [-0.4, -0.2) is 42.6 Å². The number of hydrogen-bond acceptors (Lipinski definition) is 3. The molecule has 94 valence electrons. The molecule has 1 rings (SSSR count). The molecule has 1 aliphatic rings. The van der Waals surface area contributed by atoms with E-state index in [0.717, 1.165) is 19.4 Å². The Morgan fingerprint density at radius 3 is 2.75 bits per heavy atom. The lowest BCUT2D eigenvalue weighted by atomic mass is 10.1. The Kier molecular flexibility index (Phi) is 5.77. The van der Waals surface area contributed by atoms with Crippen molar-refractivity contribution in [1.29, 1.82) is 0 Å². The molecule has 1 aliphatic heterocycles. The van der Waals surface area contributed by atoms with Crippen molar-refractivity contribution >= 4 is 5.91 Å². The van der Waals surface area contributed by atoms with E-state index < -0.39 is 0 Å². The smallest absolute Gasteiger partial charge is 0.225 e. The Bertz CT molecular complexity index is 213. The van der Waals surface area contributed by atoms with Gasteiger partial charge in [0.2, 0.25) is 5.91 Å². The molecule has 1 atom stereocenters. The molecule has 4 heteroatoms. The standard InChI is InChI=1S/C12H24N2O2/c1-10(2)14(7-6-13)12(15)9-11-5-3-4-8-16-11/h10-11H,3-9,13H2,1-2H3. The Morgan fingerprint density at radius 2 is 2.25 bits per heavy atom. The summed E-state index contributed by atoms with van der Waals surface area (Å²) in [5.41, 5.74) is 5.51. The predicted molar refractivity (Wildman–Crippen MR) is 64.1 cm³/mol. The number of nitrogens with zero attached hydrogens (tertiary/aromatic N) is 1. The summed E-state index contributed by atoms with van der Waals surface area (Å²) in [7, 11) is 0. The number of nitrogens with two attached hydrogens (primary N) is 1. The maximum atomic E-state index is 12.0. The van der Waals surface area contributed by atoms with Crippen LogP contribution in [-0.2, 0) is 9.53 Å². The molecule has 0 aromatic carbocycles. The molecule has 0 aromatic heterocycles. The van der Waals surface area contributed by atoms with Gasteiger partial charge in [0.1, 0.15) is 0 Å². The number of carbonyl (C=O) groups is 1. The topological polar surface area (TPSA) is 55.6 Å². The third kappa shape index (κ3) is 4.10. The molecule has 1 unspecified atom stereocenters. The van der Waals surface area contributed by atoms with Crippen LogP contribution >= 0.6 is 0 Å². The van der Waals surface area contributed by atoms with Crippen molar-refractivity contribution in [3.05, 3.63) is 0 Å². The van der Waals surface area contributed by atoms with Crippen molar-refractivity contribution in [2.24, 2.45) is 5.73 Å². The second-order valence-electron chi connectivity index (χ2n) is 4.66. The fourth-order valence-corrected chi connectivity index (χ4v) is 2.09. The molecule has 0 bridgehead atoms. The number of amides is 1. The predicted octanol–water partition coefficient (Wildman–Crippen LogP) is 1.14. The van der Waals surface area contributed by atoms with Gasteiger partial charge in [-0.15, -0.1) is 0 Å². The first-order valence-electron chi connectivity index (χ1n) is 6.26. The minimum Gasteiger partial charge on any atom is -0.378 e. The normalized spacial score (nSPS) is 21.1. The van der Waals surface area contributed by atoms with Crippen LogP contribution in [0.1, 0.15) is 39.5 Å². The van der Waals surface area contributed by atoms with Crippen LogP contribution in [0, 0.1) is 0 Å². The average molecular weight is 228 g/mol. The number of ether oxygens (including phenoxy) is 1. The van der Waals surface area contributed by atoms with Crippen molar-refractivity contribution < 1.29 is 9.53 Å². The molecule has 0 spiro atoms. The lowest BCUT2D eigenvalue weighted by molar-refractivity contribution is -0.136. The zero-order valence-corrected chi connectivity index (χ0v) is 10.4. The second-order valence-corrected chi connectivity index (χ2v) is 4.66. The highest BCUT2D eigenvalue weighted by molar-refractivity contribution is 5.77. The van der Waals surface area contributed by atoms with E-state index in [4.69, 9.17) is 10.5 Å². The van der Waals surface area contributed by atoms with Gasteiger partial charge in [0.25, 0.3) is 0 Å². The average Bonchev–Trinajstić information content (AvgIpc) is 2.26. The van der Waals surface area contributed by atoms with Gasteiger partial charge in [-0.2, -0.15) is 0 Å². The Hall–Kier alpha value is -0.610. The van der Waals surface area contributed by atoms with E-state index in [1.807, 2.05) is 18.7 Å². The van der Waals surface area contributed by atoms with Crippen LogP contribution < -0.4 is 5.73 Å². The van der Waals surface area contributed by atoms with Gasteiger partial charge in [0.05, 0.1) is 12.5 Å². The molecule has 0 saturated carbocycles. The number of carbonyl (C=O) groups excluding carboxylic acids is 1. The Balaban J connectivity index is 2.40. The van der Waals surface area contributed by atoms with Gasteiger partial charge in [-0.1, -0.05) is 0 Å². The number of hydrogen-bond donors (Lipinski definition) is 1. The first-order chi connectivity index (χ1) is 7.65. The van der Waals surface area contributed by atoms with E-state index in [2.05, 4.69) is 0 Å². The second kappa shape index (κ2) is 6.86. The lowest BCUT2D eigenvalue weighted by Gasteiger charge is -2.29. The number of rotatable bonds is 5. The van der Waals surface area contributed by atoms with E-state index in [0.29, 0.717) is 19.5 Å². The summed E-state index contributed by atoms with van der Waals surface area (Å²) in [6, 6.07) is 0.222. The molecular weight excluding hydrogens is 204 g/mol. The molecular formula is C12H24N2O2. The molecule has 1 fully saturated rings. The summed E-state index contributed by atoms with van der Waals surface area (Å²) in [6.45, 7) is 6.01. The van der Waals surface area contributed by atoms with Crippen molar-refractivity contribution in [1.82, 2.24) is 4.90 Å². The molecule has 0 aromatic rings. The van der Waals surface area contributed by atoms with E-state index in [1.54, 1.807) is 0 Å². The van der Waals surface area contributed by atoms with Gasteiger partial charge >= 0.3 is 0 Å². The van der Waals surface area contributed by atoms with Crippen molar-refractivity contribution in [2.75, 3.05) is 19.7 Å². The summed E-state index contributed by atoms with van der Waals surface area (Å²) in [5.74, 6) is 0.173. The van der Waals surface area contributed by atoms with E-state index in [1.165, 1.54) is 6.42 Å². The maximum absolute atomic E-state index is 12.0. The third-order valence-electron chi connectivity index (χ3n) is 2.99. The third-order valence-corrected chi connectivity index (χ3v) is 2.99. The zero-order chi connectivity index (χ0) is 12.0. The lowest BCUT2D eigenvalue weighted by Crippen LogP contribution is -2.42. The fraction of sp³-hybridized carbons (Fsp3) is 0.917. The summed E-state index contributed by atoms with van der Waals surface area (Å²) in [4.78, 5) is 13.9. The highest BCUT2D eigenvalue weighted by Crippen LogP contribution is 2.17. The van der Waals surface area contributed by atoms with Crippen molar-refractivity contribution in [2.45, 2.75) is 51.7 Å². The highest BCUT2D eigenvalue weighted by atomic mass is 16.5. The van der Waals surface area contributed by atoms with Crippen LogP contribution in [0.25, 0.3) is 0 Å². The van der Waals surface area contributed by atoms with E-state index >= 15 is 0 Å². The molecule has 0 radical (unpaired) electrons. The van der Waals surface area contributed by atoms with Crippen LogP contribution in [0.3, 0.4) is 0 Å². The van der Waals surface area contributed by atoms with Crippen molar-refractivity contribution in [3.8, 4) is 0 Å². The zero-order valence-electron chi connectivity index (χ0n) is 10.4. The molecule has 16 heavy (non-hydrogen) atoms. The minimum atomic E-state index is 0.125. The van der Waals surface area contributed by atoms with Crippen LogP contribution in [0.15, 0.2) is 0 Å². The first-order valence-corrected chi connectivity index (χ1v) is 6.26. The quantitative estimate of drug-likeness (QED) is 0.767. The molecule has 0 aliphatic carbocycles. The highest BCUT2D eigenvalue weighted by Gasteiger charge is 2.22. The Labute approximate surface area is 98.1 Å². The minimum absolute atomic E-state index is 0.125. The molecule has 1 heterocycles. The van der Waals surface area contributed by atoms with Gasteiger partial charge in [-0.05, 0) is 33.1 Å². The SMILES string of the molecule is CC(C)N(CCN)C(=O)CC1CCCCO1. The summed E-state index contributed by atoms with van der Waals surface area (Å²) < 4.78 is 5.58. The fourth-order valence-electron chi connectivity index (χ4n) is 2.09. The summed E-state index contributed by atoms with van der Waals surface area (Å²) in [6.07, 6.45) is 3.95. The molecule has 1 saturated heterocycles. The molecule has 1 amide bonds. The van der Waals surface area contributed by atoms with Gasteiger partial charge in [0, 0.05) is 25.7 Å². The monoisotopic (exact) mass is 228 g/mol. The first kappa shape index (κ1) is 13.5. The Morgan fingerprint density at radius 1 is 1.50 bits per heavy atom. The maximum Gasteiger partial charge on any atom is 0.225 e. The van der Waals surface area contributed by atoms with Gasteiger partial charge < -0.3 is 15.4 Å². The van der Waals surface area contributed by atoms with Crippen LogP contribution in [0.5, 0.6) is 0 Å².